The molecule has 0 saturated heterocycles. The van der Waals surface area contributed by atoms with Crippen LogP contribution in [0.5, 0.6) is 0 Å². The van der Waals surface area contributed by atoms with Gasteiger partial charge in [0.05, 0.1) is 0 Å². The van der Waals surface area contributed by atoms with Gasteiger partial charge in [0.1, 0.15) is 5.82 Å². The molecule has 0 unspecified atom stereocenters. The van der Waals surface area contributed by atoms with Crippen LogP contribution in [0.15, 0.2) is 24.3 Å². The van der Waals surface area contributed by atoms with Gasteiger partial charge in [-0.3, -0.25) is 0 Å². The van der Waals surface area contributed by atoms with Gasteiger partial charge in [0.2, 0.25) is 0 Å². The molecule has 1 rings (SSSR count). The summed E-state index contributed by atoms with van der Waals surface area (Å²) < 4.78 is 12.6. The molecule has 16 heavy (non-hydrogen) atoms. The Morgan fingerprint density at radius 2 is 1.94 bits per heavy atom. The van der Waals surface area contributed by atoms with E-state index < -0.39 is 0 Å². The van der Waals surface area contributed by atoms with E-state index >= 15 is 0 Å². The summed E-state index contributed by atoms with van der Waals surface area (Å²) in [5.74, 6) is -0.200. The fourth-order valence-electron chi connectivity index (χ4n) is 1.28. The standard InChI is InChI=1S/C12H17FN2S/c1-9(2)15-12(16)14-8-7-10-3-5-11(13)6-4-10/h3-6,9H,7-8H2,1-2H3,(H2,14,15,16). The van der Waals surface area contributed by atoms with Crippen LogP contribution < -0.4 is 10.6 Å². The highest BCUT2D eigenvalue weighted by atomic mass is 32.1. The molecule has 0 radical (unpaired) electrons. The van der Waals surface area contributed by atoms with Gasteiger partial charge in [-0.1, -0.05) is 12.1 Å². The summed E-state index contributed by atoms with van der Waals surface area (Å²) >= 11 is 5.08. The molecule has 2 nitrogen and oxygen atoms in total. The van der Waals surface area contributed by atoms with Crippen LogP contribution in [0.3, 0.4) is 0 Å². The molecule has 0 aliphatic heterocycles. The zero-order valence-electron chi connectivity index (χ0n) is 9.59. The second-order valence-corrected chi connectivity index (χ2v) is 4.34. The van der Waals surface area contributed by atoms with Crippen LogP contribution >= 0.6 is 12.2 Å². The van der Waals surface area contributed by atoms with Gasteiger partial charge in [0, 0.05) is 12.6 Å². The number of rotatable bonds is 4. The van der Waals surface area contributed by atoms with Crippen molar-refractivity contribution in [3.05, 3.63) is 35.6 Å². The molecule has 1 aromatic carbocycles. The van der Waals surface area contributed by atoms with E-state index in [2.05, 4.69) is 10.6 Å². The van der Waals surface area contributed by atoms with Crippen LogP contribution in [0.25, 0.3) is 0 Å². The van der Waals surface area contributed by atoms with Gasteiger partial charge < -0.3 is 10.6 Å². The molecule has 2 N–H and O–H groups in total. The van der Waals surface area contributed by atoms with Gasteiger partial charge >= 0.3 is 0 Å². The van der Waals surface area contributed by atoms with E-state index in [0.29, 0.717) is 11.2 Å². The molecule has 0 aliphatic rings. The molecule has 0 spiro atoms. The maximum absolute atomic E-state index is 12.6. The lowest BCUT2D eigenvalue weighted by Crippen LogP contribution is -2.40. The SMILES string of the molecule is CC(C)NC(=S)NCCc1ccc(F)cc1. The molecule has 88 valence electrons. The minimum Gasteiger partial charge on any atom is -0.362 e. The normalized spacial score (nSPS) is 10.2. The number of halogens is 1. The Balaban J connectivity index is 2.25. The second-order valence-electron chi connectivity index (χ2n) is 3.93. The summed E-state index contributed by atoms with van der Waals surface area (Å²) in [7, 11) is 0. The smallest absolute Gasteiger partial charge is 0.166 e. The van der Waals surface area contributed by atoms with Gasteiger partial charge in [-0.2, -0.15) is 0 Å². The Hall–Kier alpha value is -1.16. The van der Waals surface area contributed by atoms with Crippen LogP contribution in [0.2, 0.25) is 0 Å². The Bertz CT molecular complexity index is 335. The topological polar surface area (TPSA) is 24.1 Å². The van der Waals surface area contributed by atoms with Crippen molar-refractivity contribution in [1.82, 2.24) is 10.6 Å². The first kappa shape index (κ1) is 12.9. The molecule has 0 aromatic heterocycles. The summed E-state index contributed by atoms with van der Waals surface area (Å²) in [5, 5.41) is 6.87. The quantitative estimate of drug-likeness (QED) is 0.789. The lowest BCUT2D eigenvalue weighted by Gasteiger charge is -2.12. The van der Waals surface area contributed by atoms with E-state index in [1.54, 1.807) is 12.1 Å². The minimum absolute atomic E-state index is 0.200. The monoisotopic (exact) mass is 240 g/mol. The third-order valence-electron chi connectivity index (χ3n) is 2.03. The van der Waals surface area contributed by atoms with E-state index in [1.165, 1.54) is 12.1 Å². The van der Waals surface area contributed by atoms with Crippen molar-refractivity contribution in [3.63, 3.8) is 0 Å². The van der Waals surface area contributed by atoms with Crippen LogP contribution in [0, 0.1) is 5.82 Å². The largest absolute Gasteiger partial charge is 0.362 e. The number of hydrogen-bond donors (Lipinski definition) is 2. The molecule has 0 atom stereocenters. The second kappa shape index (κ2) is 6.43. The van der Waals surface area contributed by atoms with E-state index in [9.17, 15) is 4.39 Å². The maximum Gasteiger partial charge on any atom is 0.166 e. The van der Waals surface area contributed by atoms with E-state index in [0.717, 1.165) is 18.5 Å². The molecule has 1 aromatic rings. The number of benzene rings is 1. The zero-order chi connectivity index (χ0) is 12.0. The third-order valence-corrected chi connectivity index (χ3v) is 2.29. The van der Waals surface area contributed by atoms with Gasteiger partial charge in [0.25, 0.3) is 0 Å². The molecule has 0 saturated carbocycles. The first-order valence-corrected chi connectivity index (χ1v) is 5.77. The van der Waals surface area contributed by atoms with Crippen molar-refractivity contribution in [2.24, 2.45) is 0 Å². The van der Waals surface area contributed by atoms with E-state index in [4.69, 9.17) is 12.2 Å². The first-order chi connectivity index (χ1) is 7.58. The minimum atomic E-state index is -0.200. The number of hydrogen-bond acceptors (Lipinski definition) is 1. The highest BCUT2D eigenvalue weighted by Crippen LogP contribution is 2.02. The lowest BCUT2D eigenvalue weighted by atomic mass is 10.1. The van der Waals surface area contributed by atoms with Gasteiger partial charge in [-0.05, 0) is 50.2 Å². The highest BCUT2D eigenvalue weighted by molar-refractivity contribution is 7.80. The maximum atomic E-state index is 12.6. The molecule has 0 fully saturated rings. The Labute approximate surface area is 101 Å². The summed E-state index contributed by atoms with van der Waals surface area (Å²) in [5.41, 5.74) is 1.10. The predicted octanol–water partition coefficient (Wildman–Crippen LogP) is 2.24. The van der Waals surface area contributed by atoms with Crippen molar-refractivity contribution in [2.75, 3.05) is 6.54 Å². The summed E-state index contributed by atoms with van der Waals surface area (Å²) in [6, 6.07) is 6.86. The molecule has 0 aliphatic carbocycles. The number of nitrogens with one attached hydrogen (secondary N) is 2. The van der Waals surface area contributed by atoms with Crippen molar-refractivity contribution in [2.45, 2.75) is 26.3 Å². The van der Waals surface area contributed by atoms with Gasteiger partial charge in [0.15, 0.2) is 5.11 Å². The highest BCUT2D eigenvalue weighted by Gasteiger charge is 1.98. The van der Waals surface area contributed by atoms with Crippen molar-refractivity contribution in [3.8, 4) is 0 Å². The molecular formula is C12H17FN2S. The molecular weight excluding hydrogens is 223 g/mol. The third kappa shape index (κ3) is 5.07. The van der Waals surface area contributed by atoms with Crippen LogP contribution in [0.1, 0.15) is 19.4 Å². The zero-order valence-corrected chi connectivity index (χ0v) is 10.4. The van der Waals surface area contributed by atoms with Gasteiger partial charge in [-0.25, -0.2) is 4.39 Å². The summed E-state index contributed by atoms with van der Waals surface area (Å²) in [6.07, 6.45) is 0.834. The Kier molecular flexibility index (Phi) is 5.19. The van der Waals surface area contributed by atoms with Crippen molar-refractivity contribution in [1.29, 1.82) is 0 Å². The Morgan fingerprint density at radius 1 is 1.31 bits per heavy atom. The first-order valence-electron chi connectivity index (χ1n) is 5.36. The average molecular weight is 240 g/mol. The van der Waals surface area contributed by atoms with Crippen molar-refractivity contribution >= 4 is 17.3 Å². The fourth-order valence-corrected chi connectivity index (χ4v) is 1.62. The molecule has 0 amide bonds. The van der Waals surface area contributed by atoms with Gasteiger partial charge in [-0.15, -0.1) is 0 Å². The van der Waals surface area contributed by atoms with Crippen molar-refractivity contribution < 1.29 is 4.39 Å². The number of thiocarbonyl (C=S) groups is 1. The van der Waals surface area contributed by atoms with Crippen LogP contribution in [-0.2, 0) is 6.42 Å². The molecule has 0 heterocycles. The average Bonchev–Trinajstić information content (AvgIpc) is 2.20. The van der Waals surface area contributed by atoms with Crippen LogP contribution in [-0.4, -0.2) is 17.7 Å². The van der Waals surface area contributed by atoms with E-state index in [-0.39, 0.29) is 5.82 Å². The van der Waals surface area contributed by atoms with Crippen LogP contribution in [0.4, 0.5) is 4.39 Å². The summed E-state index contributed by atoms with van der Waals surface area (Å²) in [6.45, 7) is 4.83. The summed E-state index contributed by atoms with van der Waals surface area (Å²) in [4.78, 5) is 0. The fraction of sp³-hybridized carbons (Fsp3) is 0.417. The van der Waals surface area contributed by atoms with E-state index in [1.807, 2.05) is 13.8 Å². The molecule has 0 bridgehead atoms. The molecule has 4 heteroatoms. The Morgan fingerprint density at radius 3 is 2.50 bits per heavy atom. The lowest BCUT2D eigenvalue weighted by molar-refractivity contribution is 0.626. The predicted molar refractivity (Wildman–Crippen MR) is 69.0 cm³/mol.